The van der Waals surface area contributed by atoms with Crippen molar-refractivity contribution < 1.29 is 4.79 Å². The highest BCUT2D eigenvalue weighted by atomic mass is 35.5. The maximum atomic E-state index is 12.0. The third-order valence-corrected chi connectivity index (χ3v) is 3.87. The average molecular weight is 278 g/mol. The Morgan fingerprint density at radius 3 is 2.39 bits per heavy atom. The van der Waals surface area contributed by atoms with Crippen LogP contribution in [0.3, 0.4) is 0 Å². The van der Waals surface area contributed by atoms with Crippen molar-refractivity contribution in [3.05, 3.63) is 0 Å². The molecule has 1 aliphatic heterocycles. The molecule has 0 bridgehead atoms. The Labute approximate surface area is 117 Å². The molecule has 1 heterocycles. The van der Waals surface area contributed by atoms with Crippen LogP contribution in [-0.2, 0) is 4.79 Å². The zero-order valence-electron chi connectivity index (χ0n) is 12.1. The summed E-state index contributed by atoms with van der Waals surface area (Å²) in [5.74, 6) is 0.237. The average Bonchev–Trinajstić information content (AvgIpc) is 2.25. The first kappa shape index (κ1) is 17.7. The summed E-state index contributed by atoms with van der Waals surface area (Å²) in [7, 11) is 0. The summed E-state index contributed by atoms with van der Waals surface area (Å²) in [6.07, 6.45) is 0.985. The van der Waals surface area contributed by atoms with Crippen LogP contribution in [0.5, 0.6) is 0 Å². The summed E-state index contributed by atoms with van der Waals surface area (Å²) in [6.45, 7) is 12.4. The van der Waals surface area contributed by atoms with Crippen molar-refractivity contribution in [3.63, 3.8) is 0 Å². The summed E-state index contributed by atoms with van der Waals surface area (Å²) in [4.78, 5) is 16.1. The first-order valence-electron chi connectivity index (χ1n) is 6.66. The second kappa shape index (κ2) is 7.31. The van der Waals surface area contributed by atoms with E-state index in [1.165, 1.54) is 0 Å². The summed E-state index contributed by atoms with van der Waals surface area (Å²) < 4.78 is 0. The Morgan fingerprint density at radius 1 is 1.39 bits per heavy atom. The number of nitrogens with zero attached hydrogens (tertiary/aromatic N) is 2. The molecule has 1 saturated heterocycles. The summed E-state index contributed by atoms with van der Waals surface area (Å²) in [5.41, 5.74) is 6.21. The molecule has 0 aromatic heterocycles. The molecule has 1 aliphatic rings. The van der Waals surface area contributed by atoms with Crippen LogP contribution < -0.4 is 5.73 Å². The predicted molar refractivity (Wildman–Crippen MR) is 78.0 cm³/mol. The normalized spacial score (nSPS) is 23.3. The Kier molecular flexibility index (Phi) is 7.18. The van der Waals surface area contributed by atoms with E-state index < -0.39 is 0 Å². The molecule has 1 rings (SSSR count). The molecule has 0 aromatic rings. The van der Waals surface area contributed by atoms with Crippen molar-refractivity contribution in [3.8, 4) is 0 Å². The lowest BCUT2D eigenvalue weighted by molar-refractivity contribution is -0.132. The molecule has 18 heavy (non-hydrogen) atoms. The van der Waals surface area contributed by atoms with Crippen molar-refractivity contribution in [1.82, 2.24) is 9.80 Å². The smallest absolute Gasteiger partial charge is 0.236 e. The minimum Gasteiger partial charge on any atom is -0.342 e. The monoisotopic (exact) mass is 277 g/mol. The fourth-order valence-corrected chi connectivity index (χ4v) is 2.49. The quantitative estimate of drug-likeness (QED) is 0.844. The molecule has 1 unspecified atom stereocenters. The van der Waals surface area contributed by atoms with Crippen LogP contribution in [0.2, 0.25) is 0 Å². The lowest BCUT2D eigenvalue weighted by atomic mass is 9.80. The number of piperidine rings is 1. The van der Waals surface area contributed by atoms with Crippen LogP contribution in [0.15, 0.2) is 0 Å². The van der Waals surface area contributed by atoms with E-state index in [1.54, 1.807) is 0 Å². The molecule has 0 aliphatic carbocycles. The first-order valence-corrected chi connectivity index (χ1v) is 6.66. The number of nitrogens with two attached hydrogens (primary N) is 1. The van der Waals surface area contributed by atoms with Crippen LogP contribution in [0, 0.1) is 5.41 Å². The van der Waals surface area contributed by atoms with E-state index in [0.29, 0.717) is 6.54 Å². The molecule has 5 heteroatoms. The van der Waals surface area contributed by atoms with E-state index in [4.69, 9.17) is 5.73 Å². The highest BCUT2D eigenvalue weighted by Crippen LogP contribution is 2.27. The number of hydrogen-bond acceptors (Lipinski definition) is 3. The Balaban J connectivity index is 0.00000289. The van der Waals surface area contributed by atoms with Gasteiger partial charge in [-0.05, 0) is 25.7 Å². The van der Waals surface area contributed by atoms with Crippen LogP contribution in [0.25, 0.3) is 0 Å². The van der Waals surface area contributed by atoms with Crippen molar-refractivity contribution in [2.45, 2.75) is 40.2 Å². The second-order valence-electron chi connectivity index (χ2n) is 5.66. The van der Waals surface area contributed by atoms with Crippen LogP contribution in [0.4, 0.5) is 0 Å². The highest BCUT2D eigenvalue weighted by molar-refractivity contribution is 5.85. The number of hydrogen-bond donors (Lipinski definition) is 1. The summed E-state index contributed by atoms with van der Waals surface area (Å²) in [6, 6.07) is 0.252. The van der Waals surface area contributed by atoms with Gasteiger partial charge in [-0.15, -0.1) is 12.4 Å². The highest BCUT2D eigenvalue weighted by Gasteiger charge is 2.34. The molecule has 1 atom stereocenters. The van der Waals surface area contributed by atoms with Gasteiger partial charge in [0.15, 0.2) is 0 Å². The largest absolute Gasteiger partial charge is 0.342 e. The predicted octanol–water partition coefficient (Wildman–Crippen LogP) is 1.34. The molecular weight excluding hydrogens is 250 g/mol. The van der Waals surface area contributed by atoms with Gasteiger partial charge in [0.1, 0.15) is 0 Å². The van der Waals surface area contributed by atoms with Gasteiger partial charge >= 0.3 is 0 Å². The topological polar surface area (TPSA) is 49.6 Å². The second-order valence-corrected chi connectivity index (χ2v) is 5.66. The zero-order valence-corrected chi connectivity index (χ0v) is 12.9. The molecule has 0 spiro atoms. The number of carbonyl (C=O) groups excluding carboxylic acids is 1. The number of carbonyl (C=O) groups is 1. The molecule has 0 saturated carbocycles. The van der Waals surface area contributed by atoms with Gasteiger partial charge in [-0.2, -0.15) is 0 Å². The van der Waals surface area contributed by atoms with Gasteiger partial charge in [-0.25, -0.2) is 0 Å². The van der Waals surface area contributed by atoms with Gasteiger partial charge in [0.25, 0.3) is 0 Å². The van der Waals surface area contributed by atoms with E-state index >= 15 is 0 Å². The van der Waals surface area contributed by atoms with Crippen LogP contribution in [-0.4, -0.2) is 54.5 Å². The van der Waals surface area contributed by atoms with E-state index in [-0.39, 0.29) is 29.8 Å². The van der Waals surface area contributed by atoms with Gasteiger partial charge in [-0.3, -0.25) is 9.69 Å². The van der Waals surface area contributed by atoms with Crippen LogP contribution >= 0.6 is 12.4 Å². The van der Waals surface area contributed by atoms with Crippen molar-refractivity contribution in [1.29, 1.82) is 0 Å². The Bertz CT molecular complexity index is 267. The van der Waals surface area contributed by atoms with E-state index in [1.807, 2.05) is 18.7 Å². The maximum Gasteiger partial charge on any atom is 0.236 e. The van der Waals surface area contributed by atoms with E-state index in [9.17, 15) is 4.79 Å². The minimum absolute atomic E-state index is 0. The van der Waals surface area contributed by atoms with Crippen molar-refractivity contribution in [2.75, 3.05) is 32.7 Å². The maximum absolute atomic E-state index is 12.0. The lowest BCUT2D eigenvalue weighted by Gasteiger charge is -2.42. The number of rotatable bonds is 4. The van der Waals surface area contributed by atoms with Gasteiger partial charge < -0.3 is 10.6 Å². The Morgan fingerprint density at radius 2 is 1.94 bits per heavy atom. The first-order chi connectivity index (χ1) is 7.90. The molecule has 108 valence electrons. The number of amides is 1. The number of likely N-dealkylation sites (tertiary alicyclic amines) is 1. The van der Waals surface area contributed by atoms with Crippen LogP contribution in [0.1, 0.15) is 34.1 Å². The zero-order chi connectivity index (χ0) is 13.1. The fourth-order valence-electron chi connectivity index (χ4n) is 2.49. The third kappa shape index (κ3) is 4.41. The standard InChI is InChI=1S/C13H27N3O.ClH/c1-5-16(6-2)12(17)9-15-8-7-11(14)13(3,4)10-15;/h11H,5-10,14H2,1-4H3;1H. The van der Waals surface area contributed by atoms with E-state index in [0.717, 1.165) is 32.6 Å². The molecule has 1 fully saturated rings. The van der Waals surface area contributed by atoms with Gasteiger partial charge in [0, 0.05) is 32.2 Å². The lowest BCUT2D eigenvalue weighted by Crippen LogP contribution is -2.54. The summed E-state index contributed by atoms with van der Waals surface area (Å²) in [5, 5.41) is 0. The van der Waals surface area contributed by atoms with Crippen molar-refractivity contribution in [2.24, 2.45) is 11.1 Å². The SMILES string of the molecule is CCN(CC)C(=O)CN1CCC(N)C(C)(C)C1.Cl. The summed E-state index contributed by atoms with van der Waals surface area (Å²) >= 11 is 0. The number of halogens is 1. The molecule has 2 N–H and O–H groups in total. The van der Waals surface area contributed by atoms with Crippen molar-refractivity contribution >= 4 is 18.3 Å². The molecule has 1 amide bonds. The van der Waals surface area contributed by atoms with Gasteiger partial charge in [0.05, 0.1) is 6.54 Å². The minimum atomic E-state index is 0. The molecule has 0 radical (unpaired) electrons. The molecule has 4 nitrogen and oxygen atoms in total. The van der Waals surface area contributed by atoms with E-state index in [2.05, 4.69) is 18.7 Å². The third-order valence-electron chi connectivity index (χ3n) is 3.87. The Hall–Kier alpha value is -0.320. The van der Waals surface area contributed by atoms with Gasteiger partial charge in [-0.1, -0.05) is 13.8 Å². The number of likely N-dealkylation sites (N-methyl/N-ethyl adjacent to an activating group) is 1. The van der Waals surface area contributed by atoms with Gasteiger partial charge in [0.2, 0.25) is 5.91 Å². The molecule has 0 aromatic carbocycles. The fraction of sp³-hybridized carbons (Fsp3) is 0.923. The molecular formula is C13H28ClN3O.